The second-order valence-electron chi connectivity index (χ2n) is 3.12. The number of thiophene rings is 2. The summed E-state index contributed by atoms with van der Waals surface area (Å²) in [7, 11) is 0. The fourth-order valence-corrected chi connectivity index (χ4v) is 2.96. The monoisotopic (exact) mass is 251 g/mol. The van der Waals surface area contributed by atoms with Crippen LogP contribution in [0.1, 0.15) is 19.4 Å². The minimum absolute atomic E-state index is 0.0513. The maximum Gasteiger partial charge on any atom is 0.212 e. The summed E-state index contributed by atoms with van der Waals surface area (Å²) in [5.74, 6) is -1.18. The molecule has 0 aliphatic carbocycles. The second kappa shape index (κ2) is 4.59. The van der Waals surface area contributed by atoms with Crippen LogP contribution in [0.4, 0.5) is 0 Å². The molecule has 3 nitrogen and oxygen atoms in total. The Morgan fingerprint density at radius 1 is 1.19 bits per heavy atom. The number of carboxylic acid groups (broad SMARTS) is 1. The molecular weight excluding hydrogens is 244 g/mol. The molecule has 5 heteroatoms. The average Bonchev–Trinajstić information content (AvgIpc) is 2.84. The minimum atomic E-state index is -1.13. The van der Waals surface area contributed by atoms with E-state index in [0.717, 1.165) is 0 Å². The number of aliphatic carboxylic acids is 1. The van der Waals surface area contributed by atoms with E-state index in [-0.39, 0.29) is 12.2 Å². The van der Waals surface area contributed by atoms with E-state index in [4.69, 9.17) is 0 Å². The Bertz CT molecular complexity index is 511. The Kier molecular flexibility index (Phi) is 3.17. The minimum Gasteiger partial charge on any atom is -0.550 e. The summed E-state index contributed by atoms with van der Waals surface area (Å²) < 4.78 is 0. The van der Waals surface area contributed by atoms with E-state index in [1.165, 1.54) is 22.7 Å². The zero-order chi connectivity index (χ0) is 11.5. The Balaban J connectivity index is 2.19. The molecule has 2 aromatic rings. The molecule has 0 radical (unpaired) electrons. The highest BCUT2D eigenvalue weighted by Gasteiger charge is 2.12. The molecule has 0 unspecified atom stereocenters. The van der Waals surface area contributed by atoms with E-state index in [0.29, 0.717) is 14.6 Å². The van der Waals surface area contributed by atoms with Crippen molar-refractivity contribution >= 4 is 34.4 Å². The molecule has 2 heterocycles. The molecule has 0 saturated heterocycles. The first-order valence-corrected chi connectivity index (χ1v) is 6.23. The van der Waals surface area contributed by atoms with Crippen LogP contribution >= 0.6 is 22.7 Å². The van der Waals surface area contributed by atoms with Crippen molar-refractivity contribution < 1.29 is 14.7 Å². The third-order valence-electron chi connectivity index (χ3n) is 1.95. The zero-order valence-corrected chi connectivity index (χ0v) is 9.77. The quantitative estimate of drug-likeness (QED) is 0.770. The Labute approximate surface area is 100.0 Å². The SMILES string of the molecule is O=C([O-])Cc1ccc(C(=O)c2cccs2)s1. The molecule has 0 atom stereocenters. The number of carboxylic acids is 1. The van der Waals surface area contributed by atoms with E-state index < -0.39 is 5.97 Å². The van der Waals surface area contributed by atoms with Gasteiger partial charge >= 0.3 is 0 Å². The molecule has 0 aliphatic rings. The fraction of sp³-hybridized carbons (Fsp3) is 0.0909. The van der Waals surface area contributed by atoms with Gasteiger partial charge in [0, 0.05) is 17.3 Å². The van der Waals surface area contributed by atoms with E-state index in [2.05, 4.69) is 0 Å². The summed E-state index contributed by atoms with van der Waals surface area (Å²) in [6, 6.07) is 6.88. The van der Waals surface area contributed by atoms with Gasteiger partial charge < -0.3 is 9.90 Å². The van der Waals surface area contributed by atoms with Crippen LogP contribution in [0.2, 0.25) is 0 Å². The van der Waals surface area contributed by atoms with Crippen molar-refractivity contribution in [3.8, 4) is 0 Å². The topological polar surface area (TPSA) is 57.2 Å². The summed E-state index contributed by atoms with van der Waals surface area (Å²) in [5.41, 5.74) is 0. The highest BCUT2D eigenvalue weighted by Crippen LogP contribution is 2.22. The van der Waals surface area contributed by atoms with Gasteiger partial charge in [0.05, 0.1) is 9.75 Å². The Hall–Kier alpha value is -1.46. The first-order chi connectivity index (χ1) is 7.66. The van der Waals surface area contributed by atoms with Crippen LogP contribution in [0.25, 0.3) is 0 Å². The van der Waals surface area contributed by atoms with Crippen LogP contribution in [0.5, 0.6) is 0 Å². The molecule has 0 aliphatic heterocycles. The average molecular weight is 251 g/mol. The first-order valence-electron chi connectivity index (χ1n) is 4.53. The molecule has 2 aromatic heterocycles. The largest absolute Gasteiger partial charge is 0.550 e. The van der Waals surface area contributed by atoms with E-state index in [9.17, 15) is 14.7 Å². The number of carbonyl (C=O) groups is 2. The van der Waals surface area contributed by atoms with Crippen LogP contribution in [-0.2, 0) is 11.2 Å². The lowest BCUT2D eigenvalue weighted by Crippen LogP contribution is -2.23. The Morgan fingerprint density at radius 2 is 2.00 bits per heavy atom. The Morgan fingerprint density at radius 3 is 2.62 bits per heavy atom. The molecule has 0 bridgehead atoms. The maximum atomic E-state index is 11.9. The molecule has 0 spiro atoms. The van der Waals surface area contributed by atoms with Gasteiger partial charge in [0.25, 0.3) is 0 Å². The van der Waals surface area contributed by atoms with Gasteiger partial charge in [-0.3, -0.25) is 4.79 Å². The third-order valence-corrected chi connectivity index (χ3v) is 3.90. The molecule has 0 aromatic carbocycles. The van der Waals surface area contributed by atoms with Crippen molar-refractivity contribution in [2.24, 2.45) is 0 Å². The second-order valence-corrected chi connectivity index (χ2v) is 5.24. The molecule has 16 heavy (non-hydrogen) atoms. The normalized spacial score (nSPS) is 10.2. The van der Waals surface area contributed by atoms with Crippen molar-refractivity contribution in [2.45, 2.75) is 6.42 Å². The van der Waals surface area contributed by atoms with Gasteiger partial charge in [0.2, 0.25) is 5.78 Å². The van der Waals surface area contributed by atoms with Gasteiger partial charge in [-0.25, -0.2) is 0 Å². The first kappa shape index (κ1) is 11.0. The highest BCUT2D eigenvalue weighted by molar-refractivity contribution is 7.16. The molecule has 0 amide bonds. The lowest BCUT2D eigenvalue weighted by Gasteiger charge is -1.96. The van der Waals surface area contributed by atoms with E-state index in [1.807, 2.05) is 11.4 Å². The summed E-state index contributed by atoms with van der Waals surface area (Å²) in [6.45, 7) is 0. The number of ketones is 1. The van der Waals surface area contributed by atoms with Crippen molar-refractivity contribution in [1.82, 2.24) is 0 Å². The van der Waals surface area contributed by atoms with Crippen LogP contribution in [0.15, 0.2) is 29.6 Å². The lowest BCUT2D eigenvalue weighted by atomic mass is 10.2. The molecule has 2 rings (SSSR count). The lowest BCUT2D eigenvalue weighted by molar-refractivity contribution is -0.304. The van der Waals surface area contributed by atoms with Gasteiger partial charge in [-0.2, -0.15) is 0 Å². The van der Waals surface area contributed by atoms with Crippen LogP contribution in [-0.4, -0.2) is 11.8 Å². The molecule has 0 N–H and O–H groups in total. The van der Waals surface area contributed by atoms with Gasteiger partial charge in [0.1, 0.15) is 0 Å². The van der Waals surface area contributed by atoms with Crippen LogP contribution in [0.3, 0.4) is 0 Å². The smallest absolute Gasteiger partial charge is 0.212 e. The van der Waals surface area contributed by atoms with Crippen LogP contribution < -0.4 is 5.11 Å². The summed E-state index contributed by atoms with van der Waals surface area (Å²) in [5, 5.41) is 12.2. The summed E-state index contributed by atoms with van der Waals surface area (Å²) >= 11 is 2.58. The molecule has 0 saturated carbocycles. The van der Waals surface area contributed by atoms with Crippen molar-refractivity contribution in [2.75, 3.05) is 0 Å². The van der Waals surface area contributed by atoms with E-state index >= 15 is 0 Å². The maximum absolute atomic E-state index is 11.9. The summed E-state index contributed by atoms with van der Waals surface area (Å²) in [6.07, 6.45) is -0.137. The van der Waals surface area contributed by atoms with E-state index in [1.54, 1.807) is 18.2 Å². The summed E-state index contributed by atoms with van der Waals surface area (Å²) in [4.78, 5) is 24.1. The van der Waals surface area contributed by atoms with Crippen molar-refractivity contribution in [3.63, 3.8) is 0 Å². The van der Waals surface area contributed by atoms with Gasteiger partial charge in [-0.05, 0) is 23.6 Å². The van der Waals surface area contributed by atoms with Crippen LogP contribution in [0, 0.1) is 0 Å². The van der Waals surface area contributed by atoms with Gasteiger partial charge in [0.15, 0.2) is 0 Å². The molecular formula is C11H7O3S2-. The van der Waals surface area contributed by atoms with Crippen molar-refractivity contribution in [1.29, 1.82) is 0 Å². The number of carbonyl (C=O) groups excluding carboxylic acids is 2. The number of hydrogen-bond acceptors (Lipinski definition) is 5. The fourth-order valence-electron chi connectivity index (χ4n) is 1.27. The standard InChI is InChI=1S/C11H8O3S2/c12-10(13)6-7-3-4-9(16-7)11(14)8-2-1-5-15-8/h1-5H,6H2,(H,12,13)/p-1. The third kappa shape index (κ3) is 2.37. The zero-order valence-electron chi connectivity index (χ0n) is 8.14. The predicted molar refractivity (Wildman–Crippen MR) is 60.8 cm³/mol. The van der Waals surface area contributed by atoms with Gasteiger partial charge in [-0.15, -0.1) is 22.7 Å². The van der Waals surface area contributed by atoms with Gasteiger partial charge in [-0.1, -0.05) is 6.07 Å². The number of rotatable bonds is 4. The van der Waals surface area contributed by atoms with Crippen molar-refractivity contribution in [3.05, 3.63) is 44.3 Å². The molecule has 0 fully saturated rings. The molecule has 82 valence electrons. The predicted octanol–water partition coefficient (Wildman–Crippen LogP) is 1.33. The highest BCUT2D eigenvalue weighted by atomic mass is 32.1. The number of hydrogen-bond donors (Lipinski definition) is 0.